The third-order valence-corrected chi connectivity index (χ3v) is 4.84. The average Bonchev–Trinajstić information content (AvgIpc) is 3.21. The molecule has 2 N–H and O–H groups in total. The van der Waals surface area contributed by atoms with E-state index in [1.54, 1.807) is 6.20 Å². The minimum Gasteiger partial charge on any atom is -0.490 e. The number of hydrogen-bond acceptors (Lipinski definition) is 6. The molecule has 1 atom stereocenters. The molecule has 1 aliphatic rings. The summed E-state index contributed by atoms with van der Waals surface area (Å²) in [5.74, 6) is 1.15. The van der Waals surface area contributed by atoms with Crippen molar-refractivity contribution in [3.63, 3.8) is 0 Å². The Bertz CT molecular complexity index is 792. The topological polar surface area (TPSA) is 90.3 Å². The second-order valence-electron chi connectivity index (χ2n) is 6.83. The number of piperidine rings is 1. The molecule has 29 heavy (non-hydrogen) atoms. The van der Waals surface area contributed by atoms with Gasteiger partial charge in [0, 0.05) is 0 Å². The van der Waals surface area contributed by atoms with Gasteiger partial charge in [0.05, 0.1) is 31.5 Å². The molecule has 1 aromatic heterocycles. The lowest BCUT2D eigenvalue weighted by Crippen LogP contribution is -2.29. The number of carbonyl (C=O) groups excluding carboxylic acids is 1. The van der Waals surface area contributed by atoms with Crippen molar-refractivity contribution in [1.29, 1.82) is 0 Å². The number of aromatic nitrogens is 3. The van der Waals surface area contributed by atoms with Crippen molar-refractivity contribution in [2.45, 2.75) is 45.7 Å². The van der Waals surface area contributed by atoms with Crippen molar-refractivity contribution >= 4 is 18.3 Å². The molecule has 3 rings (SSSR count). The first-order chi connectivity index (χ1) is 13.6. The Labute approximate surface area is 177 Å². The van der Waals surface area contributed by atoms with Gasteiger partial charge in [-0.15, -0.1) is 17.5 Å². The second kappa shape index (κ2) is 11.0. The summed E-state index contributed by atoms with van der Waals surface area (Å²) in [7, 11) is 0. The standard InChI is InChI=1S/C20H29N5O3.ClH/c1-4-27-18-7-6-15(12-19(18)28-5-2)14(3)22-20(26)17-13-25(24-23-17)16-8-10-21-11-9-16;/h6-7,12-14,16,21H,4-5,8-11H2,1-3H3,(H,22,26);1H. The Balaban J connectivity index is 0.00000300. The molecule has 1 aliphatic heterocycles. The molecule has 2 heterocycles. The molecule has 1 amide bonds. The SMILES string of the molecule is CCOc1ccc(C(C)NC(=O)c2cn(C3CCNCC3)nn2)cc1OCC.Cl. The first-order valence-corrected chi connectivity index (χ1v) is 9.95. The number of amides is 1. The summed E-state index contributed by atoms with van der Waals surface area (Å²) in [6.07, 6.45) is 3.72. The zero-order valence-electron chi connectivity index (χ0n) is 17.2. The van der Waals surface area contributed by atoms with Crippen molar-refractivity contribution in [3.05, 3.63) is 35.7 Å². The normalized spacial score (nSPS) is 15.3. The number of rotatable bonds is 8. The van der Waals surface area contributed by atoms with Crippen LogP contribution in [0.5, 0.6) is 11.5 Å². The van der Waals surface area contributed by atoms with E-state index in [1.165, 1.54) is 0 Å². The van der Waals surface area contributed by atoms with Crippen molar-refractivity contribution in [2.24, 2.45) is 0 Å². The van der Waals surface area contributed by atoms with Crippen LogP contribution in [0.4, 0.5) is 0 Å². The van der Waals surface area contributed by atoms with Crippen LogP contribution in [0.15, 0.2) is 24.4 Å². The molecule has 0 spiro atoms. The fourth-order valence-corrected chi connectivity index (χ4v) is 3.32. The Morgan fingerprint density at radius 3 is 2.62 bits per heavy atom. The molecule has 1 unspecified atom stereocenters. The fourth-order valence-electron chi connectivity index (χ4n) is 3.32. The maximum atomic E-state index is 12.6. The highest BCUT2D eigenvalue weighted by molar-refractivity contribution is 5.92. The minimum atomic E-state index is -0.237. The molecule has 0 radical (unpaired) electrons. The van der Waals surface area contributed by atoms with E-state index in [2.05, 4.69) is 20.9 Å². The highest BCUT2D eigenvalue weighted by Gasteiger charge is 2.20. The van der Waals surface area contributed by atoms with Gasteiger partial charge in [0.1, 0.15) is 0 Å². The van der Waals surface area contributed by atoms with E-state index in [4.69, 9.17) is 9.47 Å². The van der Waals surface area contributed by atoms with E-state index in [9.17, 15) is 4.79 Å². The number of carbonyl (C=O) groups is 1. The van der Waals surface area contributed by atoms with Gasteiger partial charge in [0.25, 0.3) is 5.91 Å². The molecule has 9 heteroatoms. The number of hydrogen-bond donors (Lipinski definition) is 2. The Morgan fingerprint density at radius 1 is 1.24 bits per heavy atom. The van der Waals surface area contributed by atoms with Crippen LogP contribution in [0.2, 0.25) is 0 Å². The van der Waals surface area contributed by atoms with Gasteiger partial charge < -0.3 is 20.1 Å². The number of nitrogens with zero attached hydrogens (tertiary/aromatic N) is 3. The Morgan fingerprint density at radius 2 is 1.93 bits per heavy atom. The lowest BCUT2D eigenvalue weighted by atomic mass is 10.1. The van der Waals surface area contributed by atoms with Gasteiger partial charge in [-0.3, -0.25) is 4.79 Å². The van der Waals surface area contributed by atoms with Crippen LogP contribution in [0.3, 0.4) is 0 Å². The lowest BCUT2D eigenvalue weighted by Gasteiger charge is -2.22. The minimum absolute atomic E-state index is 0. The first-order valence-electron chi connectivity index (χ1n) is 9.95. The molecule has 0 saturated carbocycles. The van der Waals surface area contributed by atoms with E-state index in [-0.39, 0.29) is 24.4 Å². The molecule has 0 bridgehead atoms. The van der Waals surface area contributed by atoms with Gasteiger partial charge >= 0.3 is 0 Å². The average molecular weight is 424 g/mol. The number of nitrogens with one attached hydrogen (secondary N) is 2. The smallest absolute Gasteiger partial charge is 0.273 e. The zero-order chi connectivity index (χ0) is 19.9. The largest absolute Gasteiger partial charge is 0.490 e. The Hall–Kier alpha value is -2.32. The summed E-state index contributed by atoms with van der Waals surface area (Å²) >= 11 is 0. The van der Waals surface area contributed by atoms with E-state index in [0.29, 0.717) is 36.4 Å². The first kappa shape index (κ1) is 23.0. The molecule has 2 aromatic rings. The molecule has 1 fully saturated rings. The molecule has 1 aromatic carbocycles. The lowest BCUT2D eigenvalue weighted by molar-refractivity contribution is 0.0934. The quantitative estimate of drug-likeness (QED) is 0.678. The van der Waals surface area contributed by atoms with Crippen LogP contribution >= 0.6 is 12.4 Å². The van der Waals surface area contributed by atoms with Gasteiger partial charge in [-0.25, -0.2) is 4.68 Å². The van der Waals surface area contributed by atoms with Crippen molar-refractivity contribution < 1.29 is 14.3 Å². The third kappa shape index (κ3) is 5.83. The van der Waals surface area contributed by atoms with Crippen LogP contribution in [0.1, 0.15) is 61.7 Å². The van der Waals surface area contributed by atoms with E-state index >= 15 is 0 Å². The van der Waals surface area contributed by atoms with Crippen molar-refractivity contribution in [1.82, 2.24) is 25.6 Å². The molecule has 1 saturated heterocycles. The number of halogens is 1. The fraction of sp³-hybridized carbons (Fsp3) is 0.550. The molecule has 0 aliphatic carbocycles. The van der Waals surface area contributed by atoms with Crippen molar-refractivity contribution in [3.8, 4) is 11.5 Å². The summed E-state index contributed by atoms with van der Waals surface area (Å²) in [5.41, 5.74) is 1.27. The molecular weight excluding hydrogens is 394 g/mol. The maximum Gasteiger partial charge on any atom is 0.273 e. The van der Waals surface area contributed by atoms with Gasteiger partial charge in [-0.2, -0.15) is 0 Å². The van der Waals surface area contributed by atoms with Crippen LogP contribution < -0.4 is 20.1 Å². The second-order valence-corrected chi connectivity index (χ2v) is 6.83. The van der Waals surface area contributed by atoms with Crippen LogP contribution in [0.25, 0.3) is 0 Å². The van der Waals surface area contributed by atoms with Gasteiger partial charge in [-0.1, -0.05) is 11.3 Å². The predicted molar refractivity (Wildman–Crippen MR) is 113 cm³/mol. The summed E-state index contributed by atoms with van der Waals surface area (Å²) in [6, 6.07) is 5.81. The predicted octanol–water partition coefficient (Wildman–Crippen LogP) is 2.91. The van der Waals surface area contributed by atoms with E-state index < -0.39 is 0 Å². The van der Waals surface area contributed by atoms with Crippen LogP contribution in [0, 0.1) is 0 Å². The van der Waals surface area contributed by atoms with Crippen molar-refractivity contribution in [2.75, 3.05) is 26.3 Å². The molecular formula is C20H30ClN5O3. The molecule has 8 nitrogen and oxygen atoms in total. The van der Waals surface area contributed by atoms with E-state index in [0.717, 1.165) is 31.5 Å². The summed E-state index contributed by atoms with van der Waals surface area (Å²) in [6.45, 7) is 8.83. The maximum absolute atomic E-state index is 12.6. The summed E-state index contributed by atoms with van der Waals surface area (Å²) in [4.78, 5) is 12.6. The van der Waals surface area contributed by atoms with Gasteiger partial charge in [0.2, 0.25) is 0 Å². The van der Waals surface area contributed by atoms with E-state index in [1.807, 2.05) is 43.7 Å². The Kier molecular flexibility index (Phi) is 8.72. The molecule has 160 valence electrons. The van der Waals surface area contributed by atoms with Gasteiger partial charge in [-0.05, 0) is 64.4 Å². The summed E-state index contributed by atoms with van der Waals surface area (Å²) < 4.78 is 13.1. The zero-order valence-corrected chi connectivity index (χ0v) is 18.0. The highest BCUT2D eigenvalue weighted by atomic mass is 35.5. The monoisotopic (exact) mass is 423 g/mol. The van der Waals surface area contributed by atoms with Crippen LogP contribution in [-0.4, -0.2) is 47.2 Å². The number of benzene rings is 1. The van der Waals surface area contributed by atoms with Gasteiger partial charge in [0.15, 0.2) is 17.2 Å². The van der Waals surface area contributed by atoms with Crippen LogP contribution in [-0.2, 0) is 0 Å². The third-order valence-electron chi connectivity index (χ3n) is 4.84. The highest BCUT2D eigenvalue weighted by Crippen LogP contribution is 2.30. The number of ether oxygens (including phenoxy) is 2. The summed E-state index contributed by atoms with van der Waals surface area (Å²) in [5, 5.41) is 14.5.